The number of aryl methyl sites for hydroxylation is 1. The molecule has 0 aromatic heterocycles. The molecule has 1 heterocycles. The number of rotatable bonds is 8. The van der Waals surface area contributed by atoms with Gasteiger partial charge in [0.25, 0.3) is 11.8 Å². The largest absolute Gasteiger partial charge is 0.378 e. The Morgan fingerprint density at radius 3 is 2.38 bits per heavy atom. The third kappa shape index (κ3) is 6.67. The zero-order valence-electron chi connectivity index (χ0n) is 14.7. The Labute approximate surface area is 152 Å². The molecule has 0 spiro atoms. The number of benzene rings is 1. The van der Waals surface area contributed by atoms with E-state index in [0.29, 0.717) is 24.9 Å². The summed E-state index contributed by atoms with van der Waals surface area (Å²) in [6.07, 6.45) is 0.101. The normalized spacial score (nSPS) is 13.5. The van der Waals surface area contributed by atoms with E-state index in [1.165, 1.54) is 5.56 Å². The molecule has 0 aliphatic carbocycles. The van der Waals surface area contributed by atoms with Gasteiger partial charge < -0.3 is 14.3 Å². The number of hydrogen-bond acceptors (Lipinski definition) is 6. The molecule has 0 bridgehead atoms. The lowest BCUT2D eigenvalue weighted by Crippen LogP contribution is -2.32. The van der Waals surface area contributed by atoms with E-state index in [9.17, 15) is 14.4 Å². The summed E-state index contributed by atoms with van der Waals surface area (Å²) in [5, 5.41) is 0.526. The monoisotopic (exact) mass is 359 g/mol. The first-order chi connectivity index (χ1) is 12.6. The van der Waals surface area contributed by atoms with Crippen LogP contribution >= 0.6 is 0 Å². The molecule has 1 aliphatic rings. The number of hydroxylamine groups is 2. The summed E-state index contributed by atoms with van der Waals surface area (Å²) in [5.41, 5.74) is 2.12. The van der Waals surface area contributed by atoms with Crippen molar-refractivity contribution in [2.45, 2.75) is 26.2 Å². The molecule has 2 amide bonds. The first kappa shape index (κ1) is 19.6. The van der Waals surface area contributed by atoms with E-state index >= 15 is 0 Å². The highest BCUT2D eigenvalue weighted by atomic mass is 16.7. The maximum atomic E-state index is 11.5. The fourth-order valence-corrected chi connectivity index (χ4v) is 2.08. The van der Waals surface area contributed by atoms with Crippen LogP contribution in [-0.4, -0.2) is 49.3 Å². The molecule has 0 saturated carbocycles. The van der Waals surface area contributed by atoms with Gasteiger partial charge >= 0.3 is 5.97 Å². The van der Waals surface area contributed by atoms with Crippen molar-refractivity contribution in [2.75, 3.05) is 26.4 Å². The first-order valence-corrected chi connectivity index (χ1v) is 8.34. The number of carbonyl (C=O) groups excluding carboxylic acids is 3. The van der Waals surface area contributed by atoms with E-state index < -0.39 is 17.8 Å². The Balaban J connectivity index is 1.49. The number of amides is 2. The van der Waals surface area contributed by atoms with Gasteiger partial charge in [0.1, 0.15) is 6.61 Å². The van der Waals surface area contributed by atoms with E-state index in [1.54, 1.807) is 0 Å². The summed E-state index contributed by atoms with van der Waals surface area (Å²) < 4.78 is 10.5. The molecule has 7 nitrogen and oxygen atoms in total. The van der Waals surface area contributed by atoms with E-state index in [1.807, 2.05) is 31.2 Å². The van der Waals surface area contributed by atoms with E-state index in [2.05, 4.69) is 11.8 Å². The molecular weight excluding hydrogens is 338 g/mol. The topological polar surface area (TPSA) is 82.1 Å². The third-order valence-electron chi connectivity index (χ3n) is 3.48. The second kappa shape index (κ2) is 10.3. The molecule has 1 saturated heterocycles. The van der Waals surface area contributed by atoms with Gasteiger partial charge in [-0.25, -0.2) is 4.79 Å². The highest BCUT2D eigenvalue weighted by Gasteiger charge is 2.32. The van der Waals surface area contributed by atoms with Crippen molar-refractivity contribution >= 4 is 17.8 Å². The van der Waals surface area contributed by atoms with Crippen molar-refractivity contribution in [3.8, 4) is 11.8 Å². The number of nitrogens with zero attached hydrogens (tertiary/aromatic N) is 1. The predicted octanol–water partition coefficient (Wildman–Crippen LogP) is 1.38. The van der Waals surface area contributed by atoms with Crippen LogP contribution in [0.2, 0.25) is 0 Å². The lowest BCUT2D eigenvalue weighted by Gasteiger charge is -2.12. The first-order valence-electron chi connectivity index (χ1n) is 8.34. The van der Waals surface area contributed by atoms with Gasteiger partial charge in [0.05, 0.1) is 26.2 Å². The van der Waals surface area contributed by atoms with Gasteiger partial charge in [-0.1, -0.05) is 29.5 Å². The zero-order chi connectivity index (χ0) is 18.8. The Hall–Kier alpha value is -2.69. The maximum Gasteiger partial charge on any atom is 0.335 e. The van der Waals surface area contributed by atoms with Gasteiger partial charge in [-0.05, 0) is 19.1 Å². The van der Waals surface area contributed by atoms with Crippen molar-refractivity contribution in [1.29, 1.82) is 0 Å². The van der Waals surface area contributed by atoms with Crippen molar-refractivity contribution < 1.29 is 28.7 Å². The van der Waals surface area contributed by atoms with Crippen LogP contribution < -0.4 is 0 Å². The Morgan fingerprint density at radius 1 is 1.04 bits per heavy atom. The van der Waals surface area contributed by atoms with E-state index in [4.69, 9.17) is 14.3 Å². The average Bonchev–Trinajstić information content (AvgIpc) is 2.94. The van der Waals surface area contributed by atoms with Crippen molar-refractivity contribution in [3.63, 3.8) is 0 Å². The second-order valence-corrected chi connectivity index (χ2v) is 5.63. The molecule has 7 heteroatoms. The van der Waals surface area contributed by atoms with Crippen LogP contribution in [0.3, 0.4) is 0 Å². The Kier molecular flexibility index (Phi) is 7.80. The minimum atomic E-state index is -0.682. The molecule has 0 unspecified atom stereocenters. The fourth-order valence-electron chi connectivity index (χ4n) is 2.08. The van der Waals surface area contributed by atoms with Gasteiger partial charge in [0, 0.05) is 18.4 Å². The molecule has 1 aromatic rings. The number of imide groups is 1. The molecule has 0 atom stereocenters. The van der Waals surface area contributed by atoms with Gasteiger partial charge in [-0.15, -0.1) is 5.06 Å². The summed E-state index contributed by atoms with van der Waals surface area (Å²) in [6.45, 7) is 3.08. The molecule has 0 N–H and O–H groups in total. The van der Waals surface area contributed by atoms with E-state index in [0.717, 1.165) is 5.56 Å². The molecule has 0 radical (unpaired) electrons. The minimum absolute atomic E-state index is 0.0513. The summed E-state index contributed by atoms with van der Waals surface area (Å²) >= 11 is 0. The molecular formula is C19H21NO6. The van der Waals surface area contributed by atoms with Crippen molar-refractivity contribution in [1.82, 2.24) is 5.06 Å². The summed E-state index contributed by atoms with van der Waals surface area (Å²) in [7, 11) is 0. The third-order valence-corrected chi connectivity index (χ3v) is 3.48. The lowest BCUT2D eigenvalue weighted by molar-refractivity contribution is -0.198. The SMILES string of the molecule is Cc1ccc(C#CCOCCOCCC(=O)ON2C(=O)CCC2=O)cc1. The van der Waals surface area contributed by atoms with Gasteiger partial charge in [0.2, 0.25) is 0 Å². The number of ether oxygens (including phenoxy) is 2. The lowest BCUT2D eigenvalue weighted by atomic mass is 10.2. The zero-order valence-corrected chi connectivity index (χ0v) is 14.7. The van der Waals surface area contributed by atoms with Crippen LogP contribution in [0.25, 0.3) is 0 Å². The van der Waals surface area contributed by atoms with Crippen LogP contribution in [0, 0.1) is 18.8 Å². The Bertz CT molecular complexity index is 685. The quantitative estimate of drug-likeness (QED) is 0.396. The number of carbonyl (C=O) groups is 3. The van der Waals surface area contributed by atoms with E-state index in [-0.39, 0.29) is 25.9 Å². The molecule has 138 valence electrons. The highest BCUT2D eigenvalue weighted by molar-refractivity contribution is 6.01. The summed E-state index contributed by atoms with van der Waals surface area (Å²) in [5.74, 6) is 4.23. The summed E-state index contributed by atoms with van der Waals surface area (Å²) in [6, 6.07) is 7.90. The fraction of sp³-hybridized carbons (Fsp3) is 0.421. The smallest absolute Gasteiger partial charge is 0.335 e. The van der Waals surface area contributed by atoms with Crippen LogP contribution in [0.1, 0.15) is 30.4 Å². The van der Waals surface area contributed by atoms with Gasteiger partial charge in [-0.3, -0.25) is 9.59 Å². The standard InChI is InChI=1S/C19H21NO6/c1-15-4-6-16(7-5-15)3-2-11-24-13-14-25-12-10-19(23)26-20-17(21)8-9-18(20)22/h4-7H,8-14H2,1H3. The van der Waals surface area contributed by atoms with Crippen LogP contribution in [0.5, 0.6) is 0 Å². The average molecular weight is 359 g/mol. The molecule has 1 fully saturated rings. The van der Waals surface area contributed by atoms with Crippen LogP contribution in [0.4, 0.5) is 0 Å². The predicted molar refractivity (Wildman–Crippen MR) is 91.5 cm³/mol. The molecule has 2 rings (SSSR count). The second-order valence-electron chi connectivity index (χ2n) is 5.63. The van der Waals surface area contributed by atoms with Crippen molar-refractivity contribution in [3.05, 3.63) is 35.4 Å². The minimum Gasteiger partial charge on any atom is -0.378 e. The Morgan fingerprint density at radius 2 is 1.69 bits per heavy atom. The molecule has 26 heavy (non-hydrogen) atoms. The van der Waals surface area contributed by atoms with Crippen LogP contribution in [-0.2, 0) is 28.7 Å². The summed E-state index contributed by atoms with van der Waals surface area (Å²) in [4.78, 5) is 38.8. The van der Waals surface area contributed by atoms with Gasteiger partial charge in [0.15, 0.2) is 0 Å². The molecule has 1 aliphatic heterocycles. The van der Waals surface area contributed by atoms with Crippen LogP contribution in [0.15, 0.2) is 24.3 Å². The number of hydrogen-bond donors (Lipinski definition) is 0. The van der Waals surface area contributed by atoms with Gasteiger partial charge in [-0.2, -0.15) is 0 Å². The highest BCUT2D eigenvalue weighted by Crippen LogP contribution is 2.12. The maximum absolute atomic E-state index is 11.5. The molecule has 1 aromatic carbocycles. The van der Waals surface area contributed by atoms with Crippen molar-refractivity contribution in [2.24, 2.45) is 0 Å².